The summed E-state index contributed by atoms with van der Waals surface area (Å²) in [5.74, 6) is 0.962. The Kier molecular flexibility index (Phi) is 4.23. The van der Waals surface area contributed by atoms with Crippen LogP contribution in [-0.4, -0.2) is 41.5 Å². The van der Waals surface area contributed by atoms with Crippen LogP contribution in [0.2, 0.25) is 5.15 Å². The van der Waals surface area contributed by atoms with Crippen molar-refractivity contribution in [1.82, 2.24) is 9.97 Å². The summed E-state index contributed by atoms with van der Waals surface area (Å²) in [7, 11) is -0.533. The Bertz CT molecular complexity index is 546. The first-order chi connectivity index (χ1) is 10.3. The Morgan fingerprint density at radius 2 is 1.91 bits per heavy atom. The van der Waals surface area contributed by atoms with E-state index in [1.54, 1.807) is 6.20 Å². The van der Waals surface area contributed by atoms with E-state index in [-0.39, 0.29) is 5.92 Å². The van der Waals surface area contributed by atoms with E-state index in [1.165, 1.54) is 0 Å². The van der Waals surface area contributed by atoms with Gasteiger partial charge in [-0.3, -0.25) is 0 Å². The molecule has 7 heteroatoms. The number of halogens is 1. The number of rotatable bonds is 2. The minimum Gasteiger partial charge on any atom is -0.399 e. The van der Waals surface area contributed by atoms with Gasteiger partial charge in [-0.1, -0.05) is 11.6 Å². The molecular weight excluding hydrogens is 302 g/mol. The van der Waals surface area contributed by atoms with Gasteiger partial charge in [-0.25, -0.2) is 9.97 Å². The maximum Gasteiger partial charge on any atom is 0.499 e. The highest BCUT2D eigenvalue weighted by Gasteiger charge is 2.52. The third-order valence-corrected chi connectivity index (χ3v) is 5.12. The Morgan fingerprint density at radius 3 is 2.45 bits per heavy atom. The van der Waals surface area contributed by atoms with Gasteiger partial charge in [-0.05, 0) is 40.5 Å². The molecule has 2 saturated heterocycles. The lowest BCUT2D eigenvalue weighted by atomic mass is 9.81. The lowest BCUT2D eigenvalue weighted by Crippen LogP contribution is -2.41. The van der Waals surface area contributed by atoms with E-state index in [1.807, 2.05) is 27.7 Å². The van der Waals surface area contributed by atoms with Crippen LogP contribution in [0.4, 0.5) is 0 Å². The summed E-state index contributed by atoms with van der Waals surface area (Å²) < 4.78 is 17.5. The first-order valence-corrected chi connectivity index (χ1v) is 8.14. The molecule has 0 amide bonds. The van der Waals surface area contributed by atoms with Crippen molar-refractivity contribution in [3.8, 4) is 0 Å². The highest BCUT2D eigenvalue weighted by Crippen LogP contribution is 2.37. The number of hydrogen-bond acceptors (Lipinski definition) is 5. The van der Waals surface area contributed by atoms with Crippen LogP contribution in [0.5, 0.6) is 0 Å². The number of ether oxygens (including phenoxy) is 1. The number of hydrogen-bond donors (Lipinski definition) is 0. The van der Waals surface area contributed by atoms with Gasteiger partial charge < -0.3 is 14.0 Å². The van der Waals surface area contributed by atoms with Gasteiger partial charge in [-0.15, -0.1) is 0 Å². The van der Waals surface area contributed by atoms with E-state index in [0.717, 1.165) is 25.3 Å². The van der Waals surface area contributed by atoms with Gasteiger partial charge in [0.2, 0.25) is 0 Å². The van der Waals surface area contributed by atoms with Gasteiger partial charge in [0.25, 0.3) is 0 Å². The smallest absolute Gasteiger partial charge is 0.399 e. The standard InChI is InChI=1S/C15H22BClN2O3/c1-14(2)15(3,4)22-16(21-14)11-8-18-13(19-12(11)17)10-6-5-7-20-9-10/h8,10H,5-7,9H2,1-4H3. The van der Waals surface area contributed by atoms with Crippen LogP contribution in [0.1, 0.15) is 52.3 Å². The maximum atomic E-state index is 6.36. The quantitative estimate of drug-likeness (QED) is 0.617. The fourth-order valence-electron chi connectivity index (χ4n) is 2.65. The summed E-state index contributed by atoms with van der Waals surface area (Å²) in [6, 6.07) is 0. The molecule has 0 radical (unpaired) electrons. The van der Waals surface area contributed by atoms with Crippen molar-refractivity contribution in [2.24, 2.45) is 0 Å². The topological polar surface area (TPSA) is 53.5 Å². The zero-order valence-electron chi connectivity index (χ0n) is 13.6. The summed E-state index contributed by atoms with van der Waals surface area (Å²) in [5, 5.41) is 0.397. The van der Waals surface area contributed by atoms with Crippen LogP contribution in [0.25, 0.3) is 0 Å². The Balaban J connectivity index is 1.81. The average molecular weight is 325 g/mol. The van der Waals surface area contributed by atoms with Crippen molar-refractivity contribution in [2.75, 3.05) is 13.2 Å². The molecule has 120 valence electrons. The molecular formula is C15H22BClN2O3. The number of aromatic nitrogens is 2. The largest absolute Gasteiger partial charge is 0.499 e. The van der Waals surface area contributed by atoms with E-state index in [9.17, 15) is 0 Å². The molecule has 1 aromatic rings. The minimum atomic E-state index is -0.533. The highest BCUT2D eigenvalue weighted by molar-refractivity contribution is 6.65. The minimum absolute atomic E-state index is 0.221. The van der Waals surface area contributed by atoms with Gasteiger partial charge >= 0.3 is 7.12 Å². The van der Waals surface area contributed by atoms with Crippen LogP contribution >= 0.6 is 11.6 Å². The molecule has 0 aliphatic carbocycles. The Labute approximate surface area is 136 Å². The van der Waals surface area contributed by atoms with Crippen LogP contribution < -0.4 is 5.46 Å². The molecule has 0 saturated carbocycles. The summed E-state index contributed by atoms with van der Waals surface area (Å²) in [6.07, 6.45) is 3.79. The molecule has 1 aromatic heterocycles. The SMILES string of the molecule is CC1(C)OB(c2cnc(C3CCCOC3)nc2Cl)OC1(C)C. The molecule has 2 fully saturated rings. The lowest BCUT2D eigenvalue weighted by Gasteiger charge is -2.32. The fraction of sp³-hybridized carbons (Fsp3) is 0.733. The second-order valence-corrected chi connectivity index (χ2v) is 7.33. The Hall–Kier alpha value is -0.685. The predicted molar refractivity (Wildman–Crippen MR) is 85.6 cm³/mol. The average Bonchev–Trinajstić information content (AvgIpc) is 2.68. The van der Waals surface area contributed by atoms with Crippen LogP contribution in [0.3, 0.4) is 0 Å². The van der Waals surface area contributed by atoms with Crippen LogP contribution in [0.15, 0.2) is 6.20 Å². The van der Waals surface area contributed by atoms with Gasteiger partial charge in [0.1, 0.15) is 11.0 Å². The van der Waals surface area contributed by atoms with Crippen molar-refractivity contribution >= 4 is 24.2 Å². The fourth-order valence-corrected chi connectivity index (χ4v) is 2.88. The highest BCUT2D eigenvalue weighted by atomic mass is 35.5. The Morgan fingerprint density at radius 1 is 1.23 bits per heavy atom. The second-order valence-electron chi connectivity index (χ2n) is 6.98. The summed E-state index contributed by atoms with van der Waals surface area (Å²) in [5.41, 5.74) is -0.130. The van der Waals surface area contributed by atoms with Crippen molar-refractivity contribution in [1.29, 1.82) is 0 Å². The first kappa shape index (κ1) is 16.2. The molecule has 3 heterocycles. The summed E-state index contributed by atoms with van der Waals surface area (Å²) in [6.45, 7) is 9.51. The molecule has 2 aliphatic heterocycles. The maximum absolute atomic E-state index is 6.36. The van der Waals surface area contributed by atoms with E-state index >= 15 is 0 Å². The second kappa shape index (κ2) is 5.75. The van der Waals surface area contributed by atoms with E-state index in [0.29, 0.717) is 17.2 Å². The van der Waals surface area contributed by atoms with E-state index < -0.39 is 18.3 Å². The molecule has 0 spiro atoms. The van der Waals surface area contributed by atoms with Crippen molar-refractivity contribution < 1.29 is 14.0 Å². The van der Waals surface area contributed by atoms with Gasteiger partial charge in [0.15, 0.2) is 0 Å². The van der Waals surface area contributed by atoms with Crippen LogP contribution in [0, 0.1) is 0 Å². The molecule has 1 atom stereocenters. The number of nitrogens with zero attached hydrogens (tertiary/aromatic N) is 2. The summed E-state index contributed by atoms with van der Waals surface area (Å²) >= 11 is 6.36. The van der Waals surface area contributed by atoms with E-state index in [2.05, 4.69) is 9.97 Å². The molecule has 0 bridgehead atoms. The zero-order chi connectivity index (χ0) is 16.0. The monoisotopic (exact) mass is 324 g/mol. The third-order valence-electron chi connectivity index (χ3n) is 4.82. The summed E-state index contributed by atoms with van der Waals surface area (Å²) in [4.78, 5) is 8.92. The molecule has 3 rings (SSSR count). The normalized spacial score (nSPS) is 27.1. The molecule has 5 nitrogen and oxygen atoms in total. The molecule has 0 N–H and O–H groups in total. The van der Waals surface area contributed by atoms with Crippen LogP contribution in [-0.2, 0) is 14.0 Å². The zero-order valence-corrected chi connectivity index (χ0v) is 14.3. The lowest BCUT2D eigenvalue weighted by molar-refractivity contribution is 0.00578. The van der Waals surface area contributed by atoms with Crippen molar-refractivity contribution in [3.63, 3.8) is 0 Å². The van der Waals surface area contributed by atoms with Gasteiger partial charge in [0, 0.05) is 24.2 Å². The predicted octanol–water partition coefficient (Wildman–Crippen LogP) is 2.32. The molecule has 2 aliphatic rings. The molecule has 22 heavy (non-hydrogen) atoms. The van der Waals surface area contributed by atoms with Gasteiger partial charge in [0.05, 0.1) is 17.8 Å². The first-order valence-electron chi connectivity index (χ1n) is 7.76. The van der Waals surface area contributed by atoms with E-state index in [4.69, 9.17) is 25.6 Å². The third kappa shape index (κ3) is 2.89. The molecule has 0 aromatic carbocycles. The van der Waals surface area contributed by atoms with Crippen molar-refractivity contribution in [3.05, 3.63) is 17.2 Å². The van der Waals surface area contributed by atoms with Gasteiger partial charge in [-0.2, -0.15) is 0 Å². The molecule has 1 unspecified atom stereocenters. The van der Waals surface area contributed by atoms with Crippen molar-refractivity contribution in [2.45, 2.75) is 57.7 Å².